The Labute approximate surface area is 177 Å². The molecule has 0 radical (unpaired) electrons. The molecule has 30 heavy (non-hydrogen) atoms. The first-order chi connectivity index (χ1) is 14.5. The summed E-state index contributed by atoms with van der Waals surface area (Å²) in [6.07, 6.45) is 2.44. The van der Waals surface area contributed by atoms with Gasteiger partial charge in [0.2, 0.25) is 15.9 Å². The number of carbonyl (C=O) groups is 1. The van der Waals surface area contributed by atoms with Gasteiger partial charge in [0, 0.05) is 38.5 Å². The van der Waals surface area contributed by atoms with Crippen LogP contribution in [0.5, 0.6) is 11.5 Å². The molecule has 0 fully saturated rings. The van der Waals surface area contributed by atoms with Crippen molar-refractivity contribution < 1.29 is 22.7 Å². The van der Waals surface area contributed by atoms with Crippen LogP contribution < -0.4 is 14.2 Å². The second-order valence-electron chi connectivity index (χ2n) is 6.86. The van der Waals surface area contributed by atoms with Gasteiger partial charge in [-0.2, -0.15) is 0 Å². The second kappa shape index (κ2) is 10.3. The van der Waals surface area contributed by atoms with E-state index in [-0.39, 0.29) is 23.8 Å². The Kier molecular flexibility index (Phi) is 7.48. The number of nitrogens with one attached hydrogen (secondary N) is 1. The molecule has 1 aliphatic rings. The van der Waals surface area contributed by atoms with Gasteiger partial charge in [-0.3, -0.25) is 4.79 Å². The molecule has 0 saturated heterocycles. The highest BCUT2D eigenvalue weighted by Crippen LogP contribution is 2.31. The zero-order chi connectivity index (χ0) is 21.4. The Morgan fingerprint density at radius 3 is 2.57 bits per heavy atom. The molecular formula is C22H26N2O5S. The summed E-state index contributed by atoms with van der Waals surface area (Å²) in [6.45, 7) is 5.54. The third-order valence-electron chi connectivity index (χ3n) is 4.58. The summed E-state index contributed by atoms with van der Waals surface area (Å²) < 4.78 is 38.8. The van der Waals surface area contributed by atoms with Crippen molar-refractivity contribution in [3.05, 3.63) is 66.7 Å². The number of rotatable bonds is 9. The van der Waals surface area contributed by atoms with E-state index >= 15 is 0 Å². The van der Waals surface area contributed by atoms with Gasteiger partial charge < -0.3 is 14.4 Å². The number of carbonyl (C=O) groups excluding carboxylic acids is 1. The number of amides is 1. The molecule has 2 aromatic rings. The number of fused-ring (bicyclic) bond motifs is 1. The number of benzene rings is 2. The van der Waals surface area contributed by atoms with E-state index in [0.29, 0.717) is 37.8 Å². The summed E-state index contributed by atoms with van der Waals surface area (Å²) in [7, 11) is -3.77. The van der Waals surface area contributed by atoms with E-state index in [0.717, 1.165) is 12.0 Å². The lowest BCUT2D eigenvalue weighted by molar-refractivity contribution is -0.131. The van der Waals surface area contributed by atoms with Crippen LogP contribution in [0.2, 0.25) is 0 Å². The molecule has 160 valence electrons. The Hall–Kier alpha value is -2.84. The van der Waals surface area contributed by atoms with Crippen molar-refractivity contribution in [2.24, 2.45) is 0 Å². The lowest BCUT2D eigenvalue weighted by Gasteiger charge is -2.21. The van der Waals surface area contributed by atoms with Crippen LogP contribution in [0.25, 0.3) is 0 Å². The fraction of sp³-hybridized carbons (Fsp3) is 0.318. The first kappa shape index (κ1) is 21.9. The van der Waals surface area contributed by atoms with Crippen LogP contribution in [0, 0.1) is 0 Å². The van der Waals surface area contributed by atoms with Gasteiger partial charge in [-0.05, 0) is 17.7 Å². The third kappa shape index (κ3) is 5.84. The van der Waals surface area contributed by atoms with Gasteiger partial charge in [0.05, 0.1) is 18.1 Å². The average molecular weight is 431 g/mol. The molecule has 8 heteroatoms. The van der Waals surface area contributed by atoms with E-state index < -0.39 is 10.0 Å². The summed E-state index contributed by atoms with van der Waals surface area (Å²) in [5.74, 6) is 0.786. The molecule has 0 spiro atoms. The summed E-state index contributed by atoms with van der Waals surface area (Å²) in [5.41, 5.74) is 1.00. The number of hydrogen-bond donors (Lipinski definition) is 1. The largest absolute Gasteiger partial charge is 0.490 e. The zero-order valence-electron chi connectivity index (χ0n) is 16.7. The maximum Gasteiger partial charge on any atom is 0.240 e. The lowest BCUT2D eigenvalue weighted by Crippen LogP contribution is -2.34. The molecule has 0 bridgehead atoms. The zero-order valence-corrected chi connectivity index (χ0v) is 17.6. The number of nitrogens with zero attached hydrogens (tertiary/aromatic N) is 1. The predicted molar refractivity (Wildman–Crippen MR) is 114 cm³/mol. The standard InChI is InChI=1S/C22H26N2O5S/c1-2-13-24(17-18-7-4-3-5-8-18)22(25)11-12-23-30(26,27)19-9-10-20-21(16-19)29-15-6-14-28-20/h2-5,7-10,16,23H,1,6,11-15,17H2. The van der Waals surface area contributed by atoms with Crippen LogP contribution in [0.15, 0.2) is 66.1 Å². The number of sulfonamides is 1. The molecule has 0 aromatic heterocycles. The maximum absolute atomic E-state index is 12.6. The second-order valence-corrected chi connectivity index (χ2v) is 8.62. The Morgan fingerprint density at radius 2 is 1.83 bits per heavy atom. The van der Waals surface area contributed by atoms with E-state index in [1.807, 2.05) is 30.3 Å². The molecular weight excluding hydrogens is 404 g/mol. The van der Waals surface area contributed by atoms with E-state index in [4.69, 9.17) is 9.47 Å². The molecule has 1 N–H and O–H groups in total. The molecule has 1 amide bonds. The predicted octanol–water partition coefficient (Wildman–Crippen LogP) is 2.73. The van der Waals surface area contributed by atoms with Gasteiger partial charge in [0.1, 0.15) is 0 Å². The van der Waals surface area contributed by atoms with Crippen LogP contribution in [0.3, 0.4) is 0 Å². The van der Waals surface area contributed by atoms with Crippen molar-refractivity contribution >= 4 is 15.9 Å². The topological polar surface area (TPSA) is 84.9 Å². The SMILES string of the molecule is C=CCN(Cc1ccccc1)C(=O)CCNS(=O)(=O)c1ccc2c(c1)OCCCO2. The normalized spacial score (nSPS) is 13.3. The molecule has 2 aromatic carbocycles. The van der Waals surface area contributed by atoms with Crippen LogP contribution in [0.4, 0.5) is 0 Å². The highest BCUT2D eigenvalue weighted by atomic mass is 32.2. The van der Waals surface area contributed by atoms with Crippen molar-refractivity contribution in [2.75, 3.05) is 26.3 Å². The van der Waals surface area contributed by atoms with Gasteiger partial charge in [-0.15, -0.1) is 6.58 Å². The summed E-state index contributed by atoms with van der Waals surface area (Å²) >= 11 is 0. The van der Waals surface area contributed by atoms with E-state index in [1.54, 1.807) is 17.0 Å². The first-order valence-corrected chi connectivity index (χ1v) is 11.3. The number of hydrogen-bond acceptors (Lipinski definition) is 5. The minimum atomic E-state index is -3.77. The molecule has 1 aliphatic heterocycles. The highest BCUT2D eigenvalue weighted by Gasteiger charge is 2.20. The molecule has 3 rings (SSSR count). The lowest BCUT2D eigenvalue weighted by atomic mass is 10.2. The molecule has 7 nitrogen and oxygen atoms in total. The van der Waals surface area contributed by atoms with Gasteiger partial charge in [0.15, 0.2) is 11.5 Å². The third-order valence-corrected chi connectivity index (χ3v) is 6.04. The molecule has 0 atom stereocenters. The van der Waals surface area contributed by atoms with Crippen molar-refractivity contribution in [1.29, 1.82) is 0 Å². The van der Waals surface area contributed by atoms with Gasteiger partial charge in [0.25, 0.3) is 0 Å². The van der Waals surface area contributed by atoms with Gasteiger partial charge in [-0.25, -0.2) is 13.1 Å². The van der Waals surface area contributed by atoms with Gasteiger partial charge >= 0.3 is 0 Å². The Bertz CT molecular complexity index is 976. The molecule has 0 aliphatic carbocycles. The minimum absolute atomic E-state index is 0.00194. The van der Waals surface area contributed by atoms with E-state index in [9.17, 15) is 13.2 Å². The van der Waals surface area contributed by atoms with Crippen LogP contribution in [-0.2, 0) is 21.4 Å². The van der Waals surface area contributed by atoms with Crippen LogP contribution >= 0.6 is 0 Å². The monoisotopic (exact) mass is 430 g/mol. The fourth-order valence-electron chi connectivity index (χ4n) is 3.06. The quantitative estimate of drug-likeness (QED) is 0.619. The van der Waals surface area contributed by atoms with E-state index in [2.05, 4.69) is 11.3 Å². The summed E-state index contributed by atoms with van der Waals surface area (Å²) in [5, 5.41) is 0. The van der Waals surface area contributed by atoms with Crippen molar-refractivity contribution in [3.63, 3.8) is 0 Å². The van der Waals surface area contributed by atoms with Crippen molar-refractivity contribution in [2.45, 2.75) is 24.3 Å². The number of ether oxygens (including phenoxy) is 2. The van der Waals surface area contributed by atoms with Crippen molar-refractivity contribution in [1.82, 2.24) is 9.62 Å². The van der Waals surface area contributed by atoms with E-state index in [1.165, 1.54) is 12.1 Å². The summed E-state index contributed by atoms with van der Waals surface area (Å²) in [6, 6.07) is 14.1. The van der Waals surface area contributed by atoms with Crippen LogP contribution in [-0.4, -0.2) is 45.5 Å². The molecule has 0 unspecified atom stereocenters. The first-order valence-electron chi connectivity index (χ1n) is 9.81. The maximum atomic E-state index is 12.6. The minimum Gasteiger partial charge on any atom is -0.490 e. The summed E-state index contributed by atoms with van der Waals surface area (Å²) in [4.78, 5) is 14.3. The average Bonchev–Trinajstić information content (AvgIpc) is 2.99. The Morgan fingerprint density at radius 1 is 1.10 bits per heavy atom. The Balaban J connectivity index is 1.59. The molecule has 1 heterocycles. The molecule has 0 saturated carbocycles. The van der Waals surface area contributed by atoms with Gasteiger partial charge in [-0.1, -0.05) is 36.4 Å². The van der Waals surface area contributed by atoms with Crippen molar-refractivity contribution in [3.8, 4) is 11.5 Å². The highest BCUT2D eigenvalue weighted by molar-refractivity contribution is 7.89. The smallest absolute Gasteiger partial charge is 0.240 e. The van der Waals surface area contributed by atoms with Crippen LogP contribution in [0.1, 0.15) is 18.4 Å². The fourth-order valence-corrected chi connectivity index (χ4v) is 4.11.